The topological polar surface area (TPSA) is 66.4 Å². The van der Waals surface area contributed by atoms with Crippen LogP contribution in [0.5, 0.6) is 0 Å². The average molecular weight is 358 g/mol. The molecule has 1 aliphatic carbocycles. The molecule has 3 rings (SSSR count). The van der Waals surface area contributed by atoms with Gasteiger partial charge in [0.25, 0.3) is 0 Å². The van der Waals surface area contributed by atoms with E-state index in [4.69, 9.17) is 16.7 Å². The van der Waals surface area contributed by atoms with Crippen molar-refractivity contribution in [2.75, 3.05) is 5.32 Å². The number of carbonyl (C=O) groups excluding carboxylic acids is 1. The van der Waals surface area contributed by atoms with Crippen molar-refractivity contribution in [2.45, 2.75) is 31.6 Å². The summed E-state index contributed by atoms with van der Waals surface area (Å²) in [6.07, 6.45) is 2.09. The molecule has 2 aromatic carbocycles. The van der Waals surface area contributed by atoms with E-state index in [1.807, 2.05) is 42.5 Å². The summed E-state index contributed by atoms with van der Waals surface area (Å²) in [6, 6.07) is 14.8. The molecule has 1 saturated carbocycles. The van der Waals surface area contributed by atoms with Crippen molar-refractivity contribution in [3.63, 3.8) is 0 Å². The minimum absolute atomic E-state index is 0.0265. The van der Waals surface area contributed by atoms with Gasteiger partial charge in [-0.15, -0.1) is 0 Å². The van der Waals surface area contributed by atoms with Crippen LogP contribution in [0.3, 0.4) is 0 Å². The highest BCUT2D eigenvalue weighted by atomic mass is 35.5. The summed E-state index contributed by atoms with van der Waals surface area (Å²) < 4.78 is 0. The van der Waals surface area contributed by atoms with E-state index in [1.54, 1.807) is 13.0 Å². The first-order chi connectivity index (χ1) is 11.9. The third kappa shape index (κ3) is 3.85. The predicted molar refractivity (Wildman–Crippen MR) is 97.9 cm³/mol. The van der Waals surface area contributed by atoms with Crippen LogP contribution in [0, 0.1) is 5.92 Å². The molecule has 0 bridgehead atoms. The Kier molecular flexibility index (Phi) is 4.82. The van der Waals surface area contributed by atoms with Crippen molar-refractivity contribution >= 4 is 29.2 Å². The lowest BCUT2D eigenvalue weighted by Crippen LogP contribution is -2.27. The molecule has 25 heavy (non-hydrogen) atoms. The fraction of sp³-hybridized carbons (Fsp3) is 0.300. The van der Waals surface area contributed by atoms with Gasteiger partial charge in [0.1, 0.15) is 0 Å². The van der Waals surface area contributed by atoms with Crippen LogP contribution >= 0.6 is 11.6 Å². The molecule has 1 atom stereocenters. The molecule has 130 valence electrons. The van der Waals surface area contributed by atoms with Crippen LogP contribution in [0.15, 0.2) is 48.5 Å². The van der Waals surface area contributed by atoms with Crippen molar-refractivity contribution in [1.82, 2.24) is 0 Å². The van der Waals surface area contributed by atoms with E-state index in [-0.39, 0.29) is 5.91 Å². The van der Waals surface area contributed by atoms with Crippen LogP contribution in [-0.2, 0) is 21.4 Å². The summed E-state index contributed by atoms with van der Waals surface area (Å²) in [5.41, 5.74) is 2.11. The number of hydrogen-bond donors (Lipinski definition) is 2. The van der Waals surface area contributed by atoms with E-state index in [9.17, 15) is 9.59 Å². The van der Waals surface area contributed by atoms with Crippen LogP contribution in [0.25, 0.3) is 0 Å². The predicted octanol–water partition coefficient (Wildman–Crippen LogP) is 4.27. The van der Waals surface area contributed by atoms with Crippen molar-refractivity contribution in [2.24, 2.45) is 5.92 Å². The standard InChI is InChI=1S/C20H20ClNO3/c1-13(18(23)24)11-14-5-7-17(8-6-14)22-19(25)20(9-10-20)15-3-2-4-16(21)12-15/h2-8,12-13H,9-11H2,1H3,(H,22,25)(H,23,24). The Balaban J connectivity index is 1.68. The van der Waals surface area contributed by atoms with Crippen molar-refractivity contribution < 1.29 is 14.7 Å². The Morgan fingerprint density at radius 3 is 2.44 bits per heavy atom. The molecule has 1 unspecified atom stereocenters. The maximum atomic E-state index is 12.7. The van der Waals surface area contributed by atoms with Crippen LogP contribution < -0.4 is 5.32 Å². The van der Waals surface area contributed by atoms with Gasteiger partial charge in [0, 0.05) is 10.7 Å². The zero-order valence-electron chi connectivity index (χ0n) is 14.0. The first kappa shape index (κ1) is 17.5. The Labute approximate surface area is 151 Å². The quantitative estimate of drug-likeness (QED) is 0.811. The SMILES string of the molecule is CC(Cc1ccc(NC(=O)C2(c3cccc(Cl)c3)CC2)cc1)C(=O)O. The molecule has 0 spiro atoms. The molecule has 5 heteroatoms. The number of nitrogens with one attached hydrogen (secondary N) is 1. The van der Waals surface area contributed by atoms with Crippen molar-refractivity contribution in [1.29, 1.82) is 0 Å². The summed E-state index contributed by atoms with van der Waals surface area (Å²) in [5, 5.41) is 12.6. The molecule has 1 aliphatic rings. The molecule has 1 amide bonds. The Morgan fingerprint density at radius 2 is 1.88 bits per heavy atom. The van der Waals surface area contributed by atoms with E-state index < -0.39 is 17.3 Å². The van der Waals surface area contributed by atoms with Gasteiger partial charge in [-0.25, -0.2) is 0 Å². The zero-order chi connectivity index (χ0) is 18.0. The fourth-order valence-electron chi connectivity index (χ4n) is 2.97. The highest BCUT2D eigenvalue weighted by Gasteiger charge is 2.51. The van der Waals surface area contributed by atoms with Crippen LogP contribution in [-0.4, -0.2) is 17.0 Å². The fourth-order valence-corrected chi connectivity index (χ4v) is 3.16. The number of halogens is 1. The minimum atomic E-state index is -0.811. The lowest BCUT2D eigenvalue weighted by Gasteiger charge is -2.16. The van der Waals surface area contributed by atoms with Gasteiger partial charge in [0.05, 0.1) is 11.3 Å². The zero-order valence-corrected chi connectivity index (χ0v) is 14.7. The number of anilines is 1. The smallest absolute Gasteiger partial charge is 0.306 e. The van der Waals surface area contributed by atoms with Gasteiger partial charge in [-0.1, -0.05) is 42.8 Å². The highest BCUT2D eigenvalue weighted by Crippen LogP contribution is 2.49. The molecule has 0 radical (unpaired) electrons. The second-order valence-electron chi connectivity index (χ2n) is 6.69. The van der Waals surface area contributed by atoms with Crippen LogP contribution in [0.1, 0.15) is 30.9 Å². The van der Waals surface area contributed by atoms with Crippen molar-refractivity contribution in [3.8, 4) is 0 Å². The molecular formula is C20H20ClNO3. The summed E-state index contributed by atoms with van der Waals surface area (Å²) in [5.74, 6) is -1.27. The molecule has 1 fully saturated rings. The molecule has 4 nitrogen and oxygen atoms in total. The van der Waals surface area contributed by atoms with E-state index in [0.29, 0.717) is 17.1 Å². The first-order valence-electron chi connectivity index (χ1n) is 8.30. The van der Waals surface area contributed by atoms with E-state index in [1.165, 1.54) is 0 Å². The number of amides is 1. The second-order valence-corrected chi connectivity index (χ2v) is 7.12. The number of carboxylic acids is 1. The number of rotatable bonds is 6. The number of benzene rings is 2. The van der Waals surface area contributed by atoms with Crippen molar-refractivity contribution in [3.05, 3.63) is 64.7 Å². The molecule has 2 N–H and O–H groups in total. The number of carboxylic acid groups (broad SMARTS) is 1. The summed E-state index contributed by atoms with van der Waals surface area (Å²) in [4.78, 5) is 23.7. The van der Waals surface area contributed by atoms with Gasteiger partial charge >= 0.3 is 5.97 Å². The second kappa shape index (κ2) is 6.89. The maximum Gasteiger partial charge on any atom is 0.306 e. The van der Waals surface area contributed by atoms with Gasteiger partial charge in [0.2, 0.25) is 5.91 Å². The molecule has 0 heterocycles. The Hall–Kier alpha value is -2.33. The van der Waals surface area contributed by atoms with E-state index in [2.05, 4.69) is 5.32 Å². The average Bonchev–Trinajstić information content (AvgIpc) is 3.38. The van der Waals surface area contributed by atoms with Crippen LogP contribution in [0.4, 0.5) is 5.69 Å². The number of carbonyl (C=O) groups is 2. The molecule has 2 aromatic rings. The van der Waals surface area contributed by atoms with Gasteiger partial charge in [0.15, 0.2) is 0 Å². The van der Waals surface area contributed by atoms with E-state index >= 15 is 0 Å². The molecule has 0 aromatic heterocycles. The minimum Gasteiger partial charge on any atom is -0.481 e. The third-order valence-electron chi connectivity index (χ3n) is 4.74. The van der Waals surface area contributed by atoms with Gasteiger partial charge < -0.3 is 10.4 Å². The summed E-state index contributed by atoms with van der Waals surface area (Å²) >= 11 is 6.05. The highest BCUT2D eigenvalue weighted by molar-refractivity contribution is 6.30. The lowest BCUT2D eigenvalue weighted by molar-refractivity contribution is -0.141. The molecule has 0 aliphatic heterocycles. The van der Waals surface area contributed by atoms with Gasteiger partial charge in [-0.05, 0) is 54.7 Å². The summed E-state index contributed by atoms with van der Waals surface area (Å²) in [7, 11) is 0. The summed E-state index contributed by atoms with van der Waals surface area (Å²) in [6.45, 7) is 1.68. The Bertz CT molecular complexity index is 797. The van der Waals surface area contributed by atoms with E-state index in [0.717, 1.165) is 24.0 Å². The number of hydrogen-bond acceptors (Lipinski definition) is 2. The van der Waals surface area contributed by atoms with Crippen LogP contribution in [0.2, 0.25) is 5.02 Å². The third-order valence-corrected chi connectivity index (χ3v) is 4.97. The monoisotopic (exact) mass is 357 g/mol. The molecule has 0 saturated heterocycles. The Morgan fingerprint density at radius 1 is 1.20 bits per heavy atom. The van der Waals surface area contributed by atoms with Gasteiger partial charge in [-0.2, -0.15) is 0 Å². The van der Waals surface area contributed by atoms with Gasteiger partial charge in [-0.3, -0.25) is 9.59 Å². The first-order valence-corrected chi connectivity index (χ1v) is 8.68. The lowest BCUT2D eigenvalue weighted by atomic mass is 9.95. The molecular weight excluding hydrogens is 338 g/mol. The number of aliphatic carboxylic acids is 1. The largest absolute Gasteiger partial charge is 0.481 e. The normalized spacial score (nSPS) is 16.1. The maximum absolute atomic E-state index is 12.7.